The first-order valence-electron chi connectivity index (χ1n) is 9.59. The second-order valence-corrected chi connectivity index (χ2v) is 6.82. The Morgan fingerprint density at radius 1 is 1.03 bits per heavy atom. The number of ether oxygens (including phenoxy) is 2. The first-order valence-corrected chi connectivity index (χ1v) is 9.59. The van der Waals surface area contributed by atoms with Crippen LogP contribution in [0, 0.1) is 0 Å². The summed E-state index contributed by atoms with van der Waals surface area (Å²) in [5.41, 5.74) is 3.51. The van der Waals surface area contributed by atoms with Crippen molar-refractivity contribution < 1.29 is 9.47 Å². The Labute approximate surface area is 169 Å². The molecule has 2 N–H and O–H groups in total. The maximum atomic E-state index is 13.2. The van der Waals surface area contributed by atoms with E-state index in [1.807, 2.05) is 48.5 Å². The summed E-state index contributed by atoms with van der Waals surface area (Å²) in [5.74, 6) is 2.15. The molecule has 0 aliphatic carbocycles. The van der Waals surface area contributed by atoms with Gasteiger partial charge in [0.1, 0.15) is 11.5 Å². The topological polar surface area (TPSA) is 80.6 Å². The molecule has 0 saturated heterocycles. The van der Waals surface area contributed by atoms with Gasteiger partial charge in [-0.25, -0.2) is 4.99 Å². The number of aliphatic imine (C=N–C) groups is 1. The van der Waals surface area contributed by atoms with Crippen molar-refractivity contribution in [3.63, 3.8) is 0 Å². The number of hydrogen-bond acceptors (Lipinski definition) is 5. The molecule has 0 unspecified atom stereocenters. The number of nitrogens with zero attached hydrogens (tertiary/aromatic N) is 2. The number of methoxy groups -OCH3 is 2. The van der Waals surface area contributed by atoms with E-state index in [2.05, 4.69) is 15.4 Å². The Morgan fingerprint density at radius 2 is 1.83 bits per heavy atom. The summed E-state index contributed by atoms with van der Waals surface area (Å²) < 4.78 is 12.1. The van der Waals surface area contributed by atoms with Gasteiger partial charge in [-0.2, -0.15) is 4.68 Å². The number of rotatable bonds is 6. The normalized spacial score (nSPS) is 13.1. The standard InChI is InChI=1S/C22H24N4O3/c1-28-17-9-7-16(8-10-17)20-19(11-6-15-4-3-5-18(14-15)29-2)21(27)26(25-20)22-23-12-13-24-22/h3-5,7-10,14,25H,6,11-13H2,1-2H3,(H,23,24). The Bertz CT molecular complexity index is 1080. The lowest BCUT2D eigenvalue weighted by molar-refractivity contribution is 0.414. The summed E-state index contributed by atoms with van der Waals surface area (Å²) in [7, 11) is 3.29. The van der Waals surface area contributed by atoms with Crippen LogP contribution in [0.5, 0.6) is 11.5 Å². The van der Waals surface area contributed by atoms with Crippen molar-refractivity contribution in [2.24, 2.45) is 4.99 Å². The van der Waals surface area contributed by atoms with Gasteiger partial charge in [-0.3, -0.25) is 9.89 Å². The van der Waals surface area contributed by atoms with Gasteiger partial charge in [0, 0.05) is 17.7 Å². The van der Waals surface area contributed by atoms with E-state index in [1.165, 1.54) is 4.68 Å². The van der Waals surface area contributed by atoms with E-state index in [-0.39, 0.29) is 5.56 Å². The summed E-state index contributed by atoms with van der Waals surface area (Å²) >= 11 is 0. The molecular formula is C22H24N4O3. The molecule has 0 bridgehead atoms. The van der Waals surface area contributed by atoms with Gasteiger partial charge in [-0.05, 0) is 54.8 Å². The minimum absolute atomic E-state index is 0.0770. The Balaban J connectivity index is 1.70. The highest BCUT2D eigenvalue weighted by Crippen LogP contribution is 2.24. The molecule has 0 amide bonds. The molecule has 0 saturated carbocycles. The zero-order valence-corrected chi connectivity index (χ0v) is 16.6. The number of nitrogens with one attached hydrogen (secondary N) is 2. The average molecular weight is 392 g/mol. The smallest absolute Gasteiger partial charge is 0.277 e. The van der Waals surface area contributed by atoms with E-state index in [9.17, 15) is 4.79 Å². The Hall–Kier alpha value is -3.48. The molecular weight excluding hydrogens is 368 g/mol. The van der Waals surface area contributed by atoms with E-state index in [1.54, 1.807) is 14.2 Å². The molecule has 1 aliphatic rings. The molecule has 2 heterocycles. The van der Waals surface area contributed by atoms with Crippen LogP contribution in [0.1, 0.15) is 11.1 Å². The van der Waals surface area contributed by atoms with E-state index in [0.717, 1.165) is 46.8 Å². The predicted octanol–water partition coefficient (Wildman–Crippen LogP) is 2.45. The molecule has 4 rings (SSSR count). The molecule has 7 heteroatoms. The van der Waals surface area contributed by atoms with Crippen molar-refractivity contribution in [1.82, 2.24) is 15.1 Å². The van der Waals surface area contributed by atoms with Crippen LogP contribution in [-0.4, -0.2) is 43.0 Å². The highest BCUT2D eigenvalue weighted by atomic mass is 16.5. The van der Waals surface area contributed by atoms with Crippen LogP contribution in [0.15, 0.2) is 58.3 Å². The van der Waals surface area contributed by atoms with Gasteiger partial charge < -0.3 is 14.8 Å². The van der Waals surface area contributed by atoms with Crippen LogP contribution in [0.4, 0.5) is 0 Å². The maximum absolute atomic E-state index is 13.2. The summed E-state index contributed by atoms with van der Waals surface area (Å²) in [5, 5.41) is 6.41. The fraction of sp³-hybridized carbons (Fsp3) is 0.273. The number of H-pyrrole nitrogens is 1. The molecule has 0 fully saturated rings. The van der Waals surface area contributed by atoms with Gasteiger partial charge in [0.25, 0.3) is 5.56 Å². The SMILES string of the molecule is COc1ccc(-c2[nH]n(C3=NCCN3)c(=O)c2CCc2cccc(OC)c2)cc1. The van der Waals surface area contributed by atoms with Crippen molar-refractivity contribution in [3.05, 3.63) is 70.0 Å². The van der Waals surface area contributed by atoms with E-state index in [4.69, 9.17) is 9.47 Å². The van der Waals surface area contributed by atoms with Crippen molar-refractivity contribution in [2.75, 3.05) is 27.3 Å². The zero-order valence-electron chi connectivity index (χ0n) is 16.6. The van der Waals surface area contributed by atoms with Gasteiger partial charge in [-0.15, -0.1) is 0 Å². The third kappa shape index (κ3) is 3.89. The summed E-state index contributed by atoms with van der Waals surface area (Å²) in [6.07, 6.45) is 1.33. The van der Waals surface area contributed by atoms with Gasteiger partial charge in [0.05, 0.1) is 26.5 Å². The monoisotopic (exact) mass is 392 g/mol. The van der Waals surface area contributed by atoms with Crippen LogP contribution < -0.4 is 20.3 Å². The molecule has 0 atom stereocenters. The predicted molar refractivity (Wildman–Crippen MR) is 113 cm³/mol. The average Bonchev–Trinajstić information content (AvgIpc) is 3.40. The fourth-order valence-corrected chi connectivity index (χ4v) is 3.48. The van der Waals surface area contributed by atoms with E-state index < -0.39 is 0 Å². The van der Waals surface area contributed by atoms with Crippen molar-refractivity contribution >= 4 is 5.96 Å². The molecule has 2 aromatic carbocycles. The van der Waals surface area contributed by atoms with Crippen molar-refractivity contribution in [1.29, 1.82) is 0 Å². The number of aryl methyl sites for hydroxylation is 1. The van der Waals surface area contributed by atoms with Crippen LogP contribution in [0.25, 0.3) is 11.3 Å². The van der Waals surface area contributed by atoms with Gasteiger partial charge >= 0.3 is 0 Å². The molecule has 3 aromatic rings. The van der Waals surface area contributed by atoms with E-state index >= 15 is 0 Å². The quantitative estimate of drug-likeness (QED) is 0.675. The summed E-state index contributed by atoms with van der Waals surface area (Å²) in [4.78, 5) is 17.6. The van der Waals surface area contributed by atoms with E-state index in [0.29, 0.717) is 18.9 Å². The fourth-order valence-electron chi connectivity index (χ4n) is 3.48. The van der Waals surface area contributed by atoms with Crippen LogP contribution in [-0.2, 0) is 12.8 Å². The molecule has 1 aromatic heterocycles. The minimum Gasteiger partial charge on any atom is -0.497 e. The molecule has 1 aliphatic heterocycles. The van der Waals surface area contributed by atoms with Gasteiger partial charge in [0.15, 0.2) is 0 Å². The van der Waals surface area contributed by atoms with Crippen LogP contribution in [0.3, 0.4) is 0 Å². The largest absolute Gasteiger partial charge is 0.497 e. The van der Waals surface area contributed by atoms with Crippen LogP contribution >= 0.6 is 0 Å². The third-order valence-corrected chi connectivity index (χ3v) is 5.03. The number of benzene rings is 2. The lowest BCUT2D eigenvalue weighted by atomic mass is 10.0. The first kappa shape index (κ1) is 18.9. The molecule has 150 valence electrons. The zero-order chi connectivity index (χ0) is 20.2. The maximum Gasteiger partial charge on any atom is 0.277 e. The van der Waals surface area contributed by atoms with Crippen LogP contribution in [0.2, 0.25) is 0 Å². The van der Waals surface area contributed by atoms with Gasteiger partial charge in [-0.1, -0.05) is 12.1 Å². The summed E-state index contributed by atoms with van der Waals surface area (Å²) in [6.45, 7) is 1.40. The molecule has 0 spiro atoms. The van der Waals surface area contributed by atoms with Crippen molar-refractivity contribution in [2.45, 2.75) is 12.8 Å². The Kier molecular flexibility index (Phi) is 5.37. The number of aromatic amines is 1. The second kappa shape index (κ2) is 8.26. The highest BCUT2D eigenvalue weighted by molar-refractivity contribution is 5.83. The lowest BCUT2D eigenvalue weighted by Crippen LogP contribution is -2.34. The van der Waals surface area contributed by atoms with Crippen molar-refractivity contribution in [3.8, 4) is 22.8 Å². The second-order valence-electron chi connectivity index (χ2n) is 6.82. The summed E-state index contributed by atoms with van der Waals surface area (Å²) in [6, 6.07) is 15.6. The highest BCUT2D eigenvalue weighted by Gasteiger charge is 2.20. The number of hydrogen-bond donors (Lipinski definition) is 2. The third-order valence-electron chi connectivity index (χ3n) is 5.03. The lowest BCUT2D eigenvalue weighted by Gasteiger charge is -2.06. The first-order chi connectivity index (χ1) is 14.2. The minimum atomic E-state index is -0.0770. The molecule has 29 heavy (non-hydrogen) atoms. The molecule has 0 radical (unpaired) electrons. The van der Waals surface area contributed by atoms with Gasteiger partial charge in [0.2, 0.25) is 5.96 Å². The molecule has 7 nitrogen and oxygen atoms in total. The Morgan fingerprint density at radius 3 is 2.52 bits per heavy atom. The number of aromatic nitrogens is 2.